The van der Waals surface area contributed by atoms with Crippen LogP contribution in [0.15, 0.2) is 73.0 Å². The number of nitrogens with two attached hydrogens (primary N) is 1. The van der Waals surface area contributed by atoms with Crippen LogP contribution in [0.1, 0.15) is 44.2 Å². The van der Waals surface area contributed by atoms with Crippen molar-refractivity contribution in [2.75, 3.05) is 0 Å². The molecule has 0 aliphatic rings. The number of benzene rings is 2. The SMILES string of the molecule is CC(C)CC(NC(=O)OCc1ccccc1)C(=O)NC(Cc1ccccc1)C(=O)OC=CCCC(N)=O. The van der Waals surface area contributed by atoms with Crippen LogP contribution < -0.4 is 16.4 Å². The minimum absolute atomic E-state index is 0.0632. The first-order chi connectivity index (χ1) is 17.7. The van der Waals surface area contributed by atoms with Gasteiger partial charge in [-0.05, 0) is 36.0 Å². The molecule has 0 spiro atoms. The van der Waals surface area contributed by atoms with Gasteiger partial charge in [0.05, 0.1) is 6.26 Å². The number of carbonyl (C=O) groups is 4. The van der Waals surface area contributed by atoms with Gasteiger partial charge in [-0.1, -0.05) is 74.5 Å². The summed E-state index contributed by atoms with van der Waals surface area (Å²) in [5.74, 6) is -1.59. The van der Waals surface area contributed by atoms with Gasteiger partial charge in [0.25, 0.3) is 0 Å². The zero-order valence-electron chi connectivity index (χ0n) is 21.2. The molecule has 0 saturated carbocycles. The van der Waals surface area contributed by atoms with Gasteiger partial charge in [-0.25, -0.2) is 9.59 Å². The monoisotopic (exact) mass is 509 g/mol. The summed E-state index contributed by atoms with van der Waals surface area (Å²) in [6.45, 7) is 3.90. The molecule has 2 rings (SSSR count). The predicted molar refractivity (Wildman–Crippen MR) is 139 cm³/mol. The number of primary amides is 1. The summed E-state index contributed by atoms with van der Waals surface area (Å²) in [6, 6.07) is 16.4. The van der Waals surface area contributed by atoms with E-state index in [0.717, 1.165) is 11.1 Å². The van der Waals surface area contributed by atoms with Crippen LogP contribution in [-0.4, -0.2) is 36.0 Å². The van der Waals surface area contributed by atoms with Crippen LogP contribution in [-0.2, 0) is 36.9 Å². The lowest BCUT2D eigenvalue weighted by Crippen LogP contribution is -2.52. The Bertz CT molecular complexity index is 1040. The van der Waals surface area contributed by atoms with Crippen LogP contribution in [0.5, 0.6) is 0 Å². The molecule has 0 aromatic heterocycles. The molecule has 2 unspecified atom stereocenters. The predicted octanol–water partition coefficient (Wildman–Crippen LogP) is 3.38. The minimum Gasteiger partial charge on any atom is -0.445 e. The van der Waals surface area contributed by atoms with Crippen molar-refractivity contribution in [2.24, 2.45) is 11.7 Å². The van der Waals surface area contributed by atoms with Crippen LogP contribution >= 0.6 is 0 Å². The Kier molecular flexibility index (Phi) is 12.4. The molecule has 0 aliphatic heterocycles. The zero-order chi connectivity index (χ0) is 27.0. The minimum atomic E-state index is -1.01. The van der Waals surface area contributed by atoms with E-state index in [1.165, 1.54) is 12.3 Å². The highest BCUT2D eigenvalue weighted by Gasteiger charge is 2.28. The molecule has 0 heterocycles. The normalized spacial score (nSPS) is 12.5. The number of nitrogens with one attached hydrogen (secondary N) is 2. The number of alkyl carbamates (subject to hydrolysis) is 1. The zero-order valence-corrected chi connectivity index (χ0v) is 21.2. The maximum atomic E-state index is 13.2. The van der Waals surface area contributed by atoms with Crippen molar-refractivity contribution in [1.82, 2.24) is 10.6 Å². The molecule has 9 heteroatoms. The number of hydrogen-bond donors (Lipinski definition) is 3. The number of rotatable bonds is 14. The molecule has 3 amide bonds. The van der Waals surface area contributed by atoms with Gasteiger partial charge < -0.3 is 25.8 Å². The van der Waals surface area contributed by atoms with E-state index >= 15 is 0 Å². The lowest BCUT2D eigenvalue weighted by molar-refractivity contribution is -0.143. The van der Waals surface area contributed by atoms with Crippen molar-refractivity contribution in [3.8, 4) is 0 Å². The van der Waals surface area contributed by atoms with E-state index in [4.69, 9.17) is 15.2 Å². The summed E-state index contributed by atoms with van der Waals surface area (Å²) in [7, 11) is 0. The molecule has 9 nitrogen and oxygen atoms in total. The van der Waals surface area contributed by atoms with E-state index in [1.54, 1.807) is 0 Å². The van der Waals surface area contributed by atoms with Crippen LogP contribution in [0.2, 0.25) is 0 Å². The second-order valence-corrected chi connectivity index (χ2v) is 8.95. The lowest BCUT2D eigenvalue weighted by atomic mass is 10.0. The van der Waals surface area contributed by atoms with Crippen molar-refractivity contribution >= 4 is 23.9 Å². The Morgan fingerprint density at radius 3 is 2.11 bits per heavy atom. The first-order valence-corrected chi connectivity index (χ1v) is 12.2. The smallest absolute Gasteiger partial charge is 0.408 e. The van der Waals surface area contributed by atoms with Gasteiger partial charge in [-0.2, -0.15) is 0 Å². The molecule has 2 atom stereocenters. The van der Waals surface area contributed by atoms with Gasteiger partial charge in [0.1, 0.15) is 18.7 Å². The van der Waals surface area contributed by atoms with Crippen LogP contribution in [0, 0.1) is 5.92 Å². The number of ether oxygens (including phenoxy) is 2. The van der Waals surface area contributed by atoms with Crippen LogP contribution in [0.3, 0.4) is 0 Å². The fourth-order valence-electron chi connectivity index (χ4n) is 3.42. The molecular weight excluding hydrogens is 474 g/mol. The molecule has 0 saturated heterocycles. The Labute approximate surface area is 217 Å². The highest BCUT2D eigenvalue weighted by atomic mass is 16.5. The van der Waals surface area contributed by atoms with E-state index < -0.39 is 36.0 Å². The Morgan fingerprint density at radius 2 is 1.51 bits per heavy atom. The van der Waals surface area contributed by atoms with Crippen molar-refractivity contribution in [3.63, 3.8) is 0 Å². The van der Waals surface area contributed by atoms with Crippen LogP contribution in [0.4, 0.5) is 4.79 Å². The van der Waals surface area contributed by atoms with E-state index in [9.17, 15) is 19.2 Å². The number of amides is 3. The number of esters is 1. The third kappa shape index (κ3) is 11.9. The van der Waals surface area contributed by atoms with Gasteiger partial charge >= 0.3 is 12.1 Å². The Balaban J connectivity index is 2.06. The molecule has 0 aliphatic carbocycles. The quantitative estimate of drug-likeness (QED) is 0.264. The summed E-state index contributed by atoms with van der Waals surface area (Å²) in [4.78, 5) is 49.3. The van der Waals surface area contributed by atoms with E-state index in [1.807, 2.05) is 74.5 Å². The van der Waals surface area contributed by atoms with Crippen molar-refractivity contribution < 1.29 is 28.7 Å². The summed E-state index contributed by atoms with van der Waals surface area (Å²) < 4.78 is 10.5. The fraction of sp³-hybridized carbons (Fsp3) is 0.357. The van der Waals surface area contributed by atoms with Crippen molar-refractivity contribution in [3.05, 3.63) is 84.1 Å². The average molecular weight is 510 g/mol. The highest BCUT2D eigenvalue weighted by molar-refractivity contribution is 5.90. The van der Waals surface area contributed by atoms with Gasteiger partial charge in [-0.3, -0.25) is 9.59 Å². The second-order valence-electron chi connectivity index (χ2n) is 8.95. The fourth-order valence-corrected chi connectivity index (χ4v) is 3.42. The van der Waals surface area contributed by atoms with Crippen molar-refractivity contribution in [1.29, 1.82) is 0 Å². The lowest BCUT2D eigenvalue weighted by Gasteiger charge is -2.23. The second kappa shape index (κ2) is 15.8. The Hall–Kier alpha value is -4.14. The molecular formula is C28H35N3O6. The molecule has 0 fully saturated rings. The van der Waals surface area contributed by atoms with Gasteiger partial charge in [0.2, 0.25) is 11.8 Å². The molecule has 4 N–H and O–H groups in total. The maximum Gasteiger partial charge on any atom is 0.408 e. The summed E-state index contributed by atoms with van der Waals surface area (Å²) in [6.07, 6.45) is 2.94. The molecule has 0 bridgehead atoms. The molecule has 37 heavy (non-hydrogen) atoms. The molecule has 0 radical (unpaired) electrons. The third-order valence-electron chi connectivity index (χ3n) is 5.25. The molecule has 2 aromatic carbocycles. The Morgan fingerprint density at radius 1 is 0.892 bits per heavy atom. The van der Waals surface area contributed by atoms with E-state index in [2.05, 4.69) is 10.6 Å². The number of hydrogen-bond acceptors (Lipinski definition) is 6. The summed E-state index contributed by atoms with van der Waals surface area (Å²) >= 11 is 0. The van der Waals surface area contributed by atoms with Crippen molar-refractivity contribution in [2.45, 2.75) is 58.2 Å². The number of carbonyl (C=O) groups excluding carboxylic acids is 4. The average Bonchev–Trinajstić information content (AvgIpc) is 2.87. The van der Waals surface area contributed by atoms with E-state index in [0.29, 0.717) is 12.8 Å². The highest BCUT2D eigenvalue weighted by Crippen LogP contribution is 2.10. The maximum absolute atomic E-state index is 13.2. The summed E-state index contributed by atoms with van der Waals surface area (Å²) in [5.41, 5.74) is 6.74. The van der Waals surface area contributed by atoms with Gasteiger partial charge in [-0.15, -0.1) is 0 Å². The third-order valence-corrected chi connectivity index (χ3v) is 5.25. The van der Waals surface area contributed by atoms with Gasteiger partial charge in [0, 0.05) is 12.8 Å². The first-order valence-electron chi connectivity index (χ1n) is 12.2. The largest absolute Gasteiger partial charge is 0.445 e. The first kappa shape index (κ1) is 29.1. The molecule has 198 valence electrons. The topological polar surface area (TPSA) is 137 Å². The number of allylic oxidation sites excluding steroid dienone is 1. The van der Waals surface area contributed by atoms with Gasteiger partial charge in [0.15, 0.2) is 0 Å². The standard InChI is InChI=1S/C28H35N3O6/c1-20(2)17-23(31-28(35)37-19-22-13-7-4-8-14-22)26(33)30-24(18-21-11-5-3-6-12-21)27(34)36-16-10-9-15-25(29)32/h3-8,10-14,16,20,23-24H,9,15,17-19H2,1-2H3,(H2,29,32)(H,30,33)(H,31,35). The van der Waals surface area contributed by atoms with E-state index in [-0.39, 0.29) is 25.4 Å². The summed E-state index contributed by atoms with van der Waals surface area (Å²) in [5, 5.41) is 5.33. The molecule has 2 aromatic rings. The van der Waals surface area contributed by atoms with Crippen LogP contribution in [0.25, 0.3) is 0 Å².